The molecular weight excluding hydrogens is 680 g/mol. The lowest BCUT2D eigenvalue weighted by Crippen LogP contribution is -2.36. The van der Waals surface area contributed by atoms with Crippen LogP contribution >= 0.6 is 37.6 Å². The van der Waals surface area contributed by atoms with E-state index in [9.17, 15) is 4.79 Å². The number of hydrogen-bond acceptors (Lipinski definition) is 16. The molecule has 5 N–H and O–H groups in total. The molecule has 45 heavy (non-hydrogen) atoms. The van der Waals surface area contributed by atoms with Crippen molar-refractivity contribution in [2.45, 2.75) is 49.2 Å². The number of H-pyrrole nitrogens is 1. The van der Waals surface area contributed by atoms with Gasteiger partial charge in [-0.05, 0) is 12.6 Å². The third-order valence-electron chi connectivity index (χ3n) is 7.37. The number of thiol groups is 2. The van der Waals surface area contributed by atoms with E-state index in [0.29, 0.717) is 0 Å². The fourth-order valence-electron chi connectivity index (χ4n) is 5.36. The van der Waals surface area contributed by atoms with Gasteiger partial charge in [0.05, 0.1) is 25.9 Å². The minimum atomic E-state index is -3.38. The van der Waals surface area contributed by atoms with Crippen molar-refractivity contribution in [3.63, 3.8) is 0 Å². The lowest BCUT2D eigenvalue weighted by Gasteiger charge is -2.32. The SMILES string of the molecule is C=[P@]1(S)OC[C@H]2OC(n3cnc4c(=O)[nH]c(N)nc43)[C@H](F)[C@@H]2O[P@@](=C)(S)OC[C@@H]2O[C@H](n3cnc4c(N)ncnc43)[C@H](F)[C@H]2O1. The van der Waals surface area contributed by atoms with Crippen LogP contribution in [0.3, 0.4) is 0 Å². The number of imidazole rings is 2. The Hall–Kier alpha value is -2.58. The van der Waals surface area contributed by atoms with Crippen molar-refractivity contribution in [2.24, 2.45) is 0 Å². The Morgan fingerprint density at radius 3 is 1.98 bits per heavy atom. The van der Waals surface area contributed by atoms with Crippen LogP contribution in [0.15, 0.2) is 23.8 Å². The van der Waals surface area contributed by atoms with E-state index in [1.165, 1.54) is 28.1 Å². The summed E-state index contributed by atoms with van der Waals surface area (Å²) in [6.45, 7) is -7.41. The van der Waals surface area contributed by atoms with E-state index in [1.54, 1.807) is 0 Å². The van der Waals surface area contributed by atoms with Gasteiger partial charge in [-0.15, -0.1) is 0 Å². The average Bonchev–Trinajstić information content (AvgIpc) is 3.72. The van der Waals surface area contributed by atoms with E-state index in [2.05, 4.69) is 67.0 Å². The molecule has 3 fully saturated rings. The van der Waals surface area contributed by atoms with Crippen molar-refractivity contribution in [2.75, 3.05) is 24.7 Å². The number of aromatic amines is 1. The summed E-state index contributed by atoms with van der Waals surface area (Å²) >= 11 is 8.93. The number of nitrogens with two attached hydrogens (primary N) is 2. The first-order valence-corrected chi connectivity index (χ1v) is 19.1. The Kier molecular flexibility index (Phi) is 7.79. The van der Waals surface area contributed by atoms with E-state index < -0.39 is 67.9 Å². The molecular formula is C22H26F2N10O7P2S2. The molecule has 0 amide bonds. The Morgan fingerprint density at radius 1 is 0.867 bits per heavy atom. The number of nitrogens with one attached hydrogen (secondary N) is 1. The van der Waals surface area contributed by atoms with E-state index in [-0.39, 0.29) is 47.3 Å². The highest BCUT2D eigenvalue weighted by atomic mass is 32.7. The van der Waals surface area contributed by atoms with Crippen molar-refractivity contribution in [1.82, 2.24) is 39.0 Å². The fraction of sp³-hybridized carbons (Fsp3) is 0.455. The highest BCUT2D eigenvalue weighted by molar-refractivity contribution is 8.48. The maximum Gasteiger partial charge on any atom is 0.280 e. The molecule has 4 aromatic rings. The second kappa shape index (κ2) is 11.3. The number of rotatable bonds is 2. The third kappa shape index (κ3) is 5.58. The number of alkyl halides is 2. The van der Waals surface area contributed by atoms with E-state index in [0.717, 1.165) is 0 Å². The first-order valence-electron chi connectivity index (χ1n) is 13.1. The summed E-state index contributed by atoms with van der Waals surface area (Å²) in [7, 11) is 0. The molecule has 7 heterocycles. The first kappa shape index (κ1) is 31.0. The first-order chi connectivity index (χ1) is 21.3. The smallest absolute Gasteiger partial charge is 0.280 e. The van der Waals surface area contributed by atoms with Gasteiger partial charge in [0, 0.05) is 0 Å². The quantitative estimate of drug-likeness (QED) is 0.148. The molecule has 0 saturated carbocycles. The molecule has 0 bridgehead atoms. The second-order valence-electron chi connectivity index (χ2n) is 10.4. The lowest BCUT2D eigenvalue weighted by molar-refractivity contribution is -0.0502. The molecule has 3 aliphatic heterocycles. The number of ether oxygens (including phenoxy) is 2. The van der Waals surface area contributed by atoms with E-state index >= 15 is 8.78 Å². The van der Waals surface area contributed by atoms with Crippen LogP contribution in [0.25, 0.3) is 22.3 Å². The normalized spacial score (nSPS) is 37.7. The van der Waals surface area contributed by atoms with Gasteiger partial charge in [-0.2, -0.15) is 4.98 Å². The van der Waals surface area contributed by atoms with Gasteiger partial charge in [0.2, 0.25) is 5.95 Å². The largest absolute Gasteiger partial charge is 0.382 e. The molecule has 1 unspecified atom stereocenters. The van der Waals surface area contributed by atoms with Crippen LogP contribution in [-0.4, -0.2) is 102 Å². The number of anilines is 2. The topological polar surface area (TPSA) is 215 Å². The molecule has 7 rings (SSSR count). The summed E-state index contributed by atoms with van der Waals surface area (Å²) in [6, 6.07) is 0. The summed E-state index contributed by atoms with van der Waals surface area (Å²) in [5.41, 5.74) is 11.4. The van der Waals surface area contributed by atoms with Gasteiger partial charge < -0.3 is 39.0 Å². The molecule has 23 heteroatoms. The molecule has 0 aromatic carbocycles. The van der Waals surface area contributed by atoms with Crippen LogP contribution in [0.4, 0.5) is 20.5 Å². The van der Waals surface area contributed by atoms with Crippen LogP contribution in [0, 0.1) is 0 Å². The Bertz CT molecular complexity index is 1950. The van der Waals surface area contributed by atoms with Gasteiger partial charge in [0.1, 0.15) is 36.3 Å². The van der Waals surface area contributed by atoms with Crippen LogP contribution in [0.1, 0.15) is 12.5 Å². The Balaban J connectivity index is 1.17. The lowest BCUT2D eigenvalue weighted by atomic mass is 10.1. The van der Waals surface area contributed by atoms with Crippen molar-refractivity contribution in [1.29, 1.82) is 0 Å². The van der Waals surface area contributed by atoms with Gasteiger partial charge >= 0.3 is 0 Å². The third-order valence-corrected chi connectivity index (χ3v) is 10.9. The molecule has 4 aromatic heterocycles. The molecule has 3 saturated heterocycles. The number of hydrogen-bond donors (Lipinski definition) is 5. The van der Waals surface area contributed by atoms with Gasteiger partial charge in [-0.3, -0.25) is 18.9 Å². The fourth-order valence-corrected chi connectivity index (χ4v) is 8.56. The number of nitrogens with zero attached hydrogens (tertiary/aromatic N) is 7. The van der Waals surface area contributed by atoms with Crippen LogP contribution in [0.5, 0.6) is 0 Å². The predicted octanol–water partition coefficient (Wildman–Crippen LogP) is 1.66. The maximum absolute atomic E-state index is 16.2. The Morgan fingerprint density at radius 2 is 1.40 bits per heavy atom. The summed E-state index contributed by atoms with van der Waals surface area (Å²) < 4.78 is 70.7. The summed E-state index contributed by atoms with van der Waals surface area (Å²) in [4.78, 5) is 34.9. The zero-order valence-corrected chi connectivity index (χ0v) is 26.4. The minimum absolute atomic E-state index is 0.00943. The summed E-state index contributed by atoms with van der Waals surface area (Å²) in [5, 5.41) is 0. The van der Waals surface area contributed by atoms with Crippen molar-refractivity contribution in [3.05, 3.63) is 29.3 Å². The van der Waals surface area contributed by atoms with Crippen molar-refractivity contribution < 1.29 is 36.3 Å². The molecule has 3 aliphatic rings. The molecule has 0 aliphatic carbocycles. The van der Waals surface area contributed by atoms with Crippen LogP contribution in [0.2, 0.25) is 0 Å². The zero-order chi connectivity index (χ0) is 31.8. The number of aromatic nitrogens is 8. The molecule has 242 valence electrons. The molecule has 0 spiro atoms. The van der Waals surface area contributed by atoms with Crippen molar-refractivity contribution in [3.8, 4) is 0 Å². The van der Waals surface area contributed by atoms with Gasteiger partial charge in [0.15, 0.2) is 60.5 Å². The van der Waals surface area contributed by atoms with Gasteiger partial charge in [-0.25, -0.2) is 28.7 Å². The number of halogens is 2. The monoisotopic (exact) mass is 706 g/mol. The summed E-state index contributed by atoms with van der Waals surface area (Å²) in [5.74, 6) is -0.0844. The van der Waals surface area contributed by atoms with Crippen molar-refractivity contribution >= 4 is 84.3 Å². The van der Waals surface area contributed by atoms with Gasteiger partial charge in [-0.1, -0.05) is 24.5 Å². The van der Waals surface area contributed by atoms with E-state index in [4.69, 9.17) is 39.0 Å². The minimum Gasteiger partial charge on any atom is -0.382 e. The predicted molar refractivity (Wildman–Crippen MR) is 168 cm³/mol. The standard InChI is InChI=1S/C22H26F2N10O7P2S2/c1-42(44)37-4-9-15(11(24)21(39-9)34-7-30-13-18(34)31-22(26)32-19(13)35)41-43(2,45)36-3-8-14(40-42)10(23)20(38-8)33-6-29-12-16(25)27-5-28-17(12)33/h5-11,14-15,20-21,44-45H,1-4H2,(H2,25,27,28)(H3,26,31,32,35)/t8-,9+,10+,11+,14-,15+,20-,21?,42-,43-/m0/s1. The highest BCUT2D eigenvalue weighted by Crippen LogP contribution is 2.60. The maximum atomic E-state index is 16.2. The van der Waals surface area contributed by atoms with Gasteiger partial charge in [0.25, 0.3) is 5.56 Å². The molecule has 10 atom stereocenters. The molecule has 0 radical (unpaired) electrons. The Labute approximate surface area is 262 Å². The summed E-state index contributed by atoms with van der Waals surface area (Å²) in [6.07, 6.45) is 0.437. The zero-order valence-electron chi connectivity index (χ0n) is 22.9. The number of fused-ring (bicyclic) bond motifs is 4. The molecule has 17 nitrogen and oxygen atoms in total. The van der Waals surface area contributed by atoms with Crippen LogP contribution < -0.4 is 17.0 Å². The second-order valence-corrected chi connectivity index (χ2v) is 17.5. The van der Waals surface area contributed by atoms with Crippen LogP contribution in [-0.2, 0) is 27.6 Å². The highest BCUT2D eigenvalue weighted by Gasteiger charge is 2.52. The average molecular weight is 707 g/mol. The number of nitrogen functional groups attached to an aromatic ring is 2. The van der Waals surface area contributed by atoms with E-state index in [1.807, 2.05) is 0 Å².